The fourth-order valence-corrected chi connectivity index (χ4v) is 1.05. The van der Waals surface area contributed by atoms with Crippen molar-refractivity contribution in [2.24, 2.45) is 0 Å². The number of aliphatic carboxylic acids is 1. The van der Waals surface area contributed by atoms with Crippen molar-refractivity contribution in [3.8, 4) is 5.75 Å². The first kappa shape index (κ1) is 14.5. The molecule has 8 nitrogen and oxygen atoms in total. The van der Waals surface area contributed by atoms with Crippen molar-refractivity contribution in [2.45, 2.75) is 12.5 Å². The first-order valence-corrected chi connectivity index (χ1v) is 5.02. The van der Waals surface area contributed by atoms with Gasteiger partial charge in [0.05, 0.1) is 6.42 Å². The van der Waals surface area contributed by atoms with Crippen LogP contribution in [0.25, 0.3) is 0 Å². The van der Waals surface area contributed by atoms with Gasteiger partial charge in [-0.2, -0.15) is 0 Å². The zero-order valence-electron chi connectivity index (χ0n) is 9.48. The molecule has 1 rings (SSSR count). The van der Waals surface area contributed by atoms with Crippen LogP contribution < -0.4 is 0 Å². The smallest absolute Gasteiger partial charge is 0.390 e. The lowest BCUT2D eigenvalue weighted by Gasteiger charge is -2.05. The minimum absolute atomic E-state index is 0.228. The van der Waals surface area contributed by atoms with Gasteiger partial charge in [-0.05, 0) is 12.1 Å². The summed E-state index contributed by atoms with van der Waals surface area (Å²) in [4.78, 5) is 40.7. The molecule has 0 aromatic heterocycles. The number of para-hydroxylation sites is 1. The number of hydrogen-bond donors (Lipinski definition) is 3. The Morgan fingerprint density at radius 3 is 2.37 bits per heavy atom. The number of aromatic hydroxyl groups is 1. The Morgan fingerprint density at radius 2 is 1.79 bits per heavy atom. The molecule has 1 atom stereocenters. The minimum atomic E-state index is -1.95. The van der Waals surface area contributed by atoms with Crippen LogP contribution in [0.3, 0.4) is 0 Å². The van der Waals surface area contributed by atoms with E-state index in [9.17, 15) is 19.5 Å². The molecule has 0 saturated carbocycles. The number of aliphatic hydroxyl groups is 1. The van der Waals surface area contributed by atoms with Crippen LogP contribution in [0.5, 0.6) is 5.75 Å². The second-order valence-electron chi connectivity index (χ2n) is 3.40. The van der Waals surface area contributed by atoms with Crippen molar-refractivity contribution in [1.82, 2.24) is 0 Å². The van der Waals surface area contributed by atoms with Gasteiger partial charge in [0.1, 0.15) is 11.3 Å². The van der Waals surface area contributed by atoms with Crippen LogP contribution in [0.15, 0.2) is 24.3 Å². The summed E-state index contributed by atoms with van der Waals surface area (Å²) in [6.07, 6.45) is -2.82. The molecule has 0 spiro atoms. The largest absolute Gasteiger partial charge is 0.507 e. The second kappa shape index (κ2) is 6.36. The Balaban J connectivity index is 2.49. The fourth-order valence-electron chi connectivity index (χ4n) is 1.05. The van der Waals surface area contributed by atoms with E-state index in [-0.39, 0.29) is 11.3 Å². The number of carboxylic acid groups (broad SMARTS) is 1. The molecule has 102 valence electrons. The Hall–Kier alpha value is -2.61. The lowest BCUT2D eigenvalue weighted by molar-refractivity contribution is -0.235. The zero-order valence-corrected chi connectivity index (χ0v) is 9.48. The Morgan fingerprint density at radius 1 is 1.16 bits per heavy atom. The van der Waals surface area contributed by atoms with Gasteiger partial charge in [0.25, 0.3) is 0 Å². The summed E-state index contributed by atoms with van der Waals surface area (Å²) >= 11 is 0. The molecule has 0 fully saturated rings. The SMILES string of the molecule is O=C(CC(O)C(=O)O)OOC(=O)c1ccccc1O. The van der Waals surface area contributed by atoms with Crippen molar-refractivity contribution in [1.29, 1.82) is 0 Å². The highest BCUT2D eigenvalue weighted by Crippen LogP contribution is 2.16. The third-order valence-corrected chi connectivity index (χ3v) is 1.98. The maximum absolute atomic E-state index is 11.4. The fraction of sp³-hybridized carbons (Fsp3) is 0.182. The van der Waals surface area contributed by atoms with Crippen molar-refractivity contribution >= 4 is 17.9 Å². The van der Waals surface area contributed by atoms with E-state index < -0.39 is 30.4 Å². The Kier molecular flexibility index (Phi) is 4.84. The van der Waals surface area contributed by atoms with Gasteiger partial charge >= 0.3 is 17.9 Å². The van der Waals surface area contributed by atoms with Crippen LogP contribution in [-0.2, 0) is 19.4 Å². The van der Waals surface area contributed by atoms with E-state index in [1.165, 1.54) is 24.3 Å². The molecule has 0 radical (unpaired) electrons. The predicted octanol–water partition coefficient (Wildman–Crippen LogP) is -0.157. The summed E-state index contributed by atoms with van der Waals surface area (Å²) in [5.74, 6) is -4.34. The standard InChI is InChI=1S/C11H10O8/c12-7-4-2-1-3-6(7)11(17)19-18-9(14)5-8(13)10(15)16/h1-4,8,12-13H,5H2,(H,15,16). The number of phenols is 1. The maximum atomic E-state index is 11.4. The Labute approximate surface area is 106 Å². The monoisotopic (exact) mass is 270 g/mol. The van der Waals surface area contributed by atoms with Crippen molar-refractivity contribution in [3.05, 3.63) is 29.8 Å². The van der Waals surface area contributed by atoms with Gasteiger partial charge in [0.15, 0.2) is 6.10 Å². The average molecular weight is 270 g/mol. The van der Waals surface area contributed by atoms with Crippen LogP contribution in [0.4, 0.5) is 0 Å². The van der Waals surface area contributed by atoms with E-state index in [0.717, 1.165) is 0 Å². The zero-order chi connectivity index (χ0) is 14.4. The summed E-state index contributed by atoms with van der Waals surface area (Å²) in [6.45, 7) is 0. The van der Waals surface area contributed by atoms with Crippen LogP contribution in [-0.4, -0.2) is 39.3 Å². The van der Waals surface area contributed by atoms with E-state index in [1.54, 1.807) is 0 Å². The number of hydrogen-bond acceptors (Lipinski definition) is 7. The van der Waals surface area contributed by atoms with Crippen LogP contribution in [0.2, 0.25) is 0 Å². The molecule has 0 heterocycles. The number of carbonyl (C=O) groups excluding carboxylic acids is 2. The summed E-state index contributed by atoms with van der Waals surface area (Å²) < 4.78 is 0. The van der Waals surface area contributed by atoms with E-state index in [2.05, 4.69) is 9.78 Å². The molecular weight excluding hydrogens is 260 g/mol. The van der Waals surface area contributed by atoms with Crippen LogP contribution >= 0.6 is 0 Å². The lowest BCUT2D eigenvalue weighted by atomic mass is 10.2. The minimum Gasteiger partial charge on any atom is -0.507 e. The molecule has 0 aliphatic rings. The molecule has 8 heteroatoms. The molecule has 3 N–H and O–H groups in total. The van der Waals surface area contributed by atoms with E-state index in [1.807, 2.05) is 0 Å². The summed E-state index contributed by atoms with van der Waals surface area (Å²) in [5.41, 5.74) is -0.228. The second-order valence-corrected chi connectivity index (χ2v) is 3.40. The molecule has 1 aromatic carbocycles. The number of carbonyl (C=O) groups is 3. The van der Waals surface area contributed by atoms with E-state index in [0.29, 0.717) is 0 Å². The van der Waals surface area contributed by atoms with E-state index in [4.69, 9.17) is 10.2 Å². The third-order valence-electron chi connectivity index (χ3n) is 1.98. The summed E-state index contributed by atoms with van der Waals surface area (Å²) in [5, 5.41) is 26.5. The first-order valence-electron chi connectivity index (χ1n) is 5.02. The van der Waals surface area contributed by atoms with Crippen molar-refractivity contribution in [2.75, 3.05) is 0 Å². The first-order chi connectivity index (χ1) is 8.91. The van der Waals surface area contributed by atoms with Gasteiger partial charge in [-0.1, -0.05) is 12.1 Å². The van der Waals surface area contributed by atoms with Gasteiger partial charge in [-0.3, -0.25) is 0 Å². The average Bonchev–Trinajstić information content (AvgIpc) is 2.36. The molecule has 0 bridgehead atoms. The summed E-state index contributed by atoms with van der Waals surface area (Å²) in [6, 6.07) is 5.39. The molecule has 19 heavy (non-hydrogen) atoms. The third kappa shape index (κ3) is 4.28. The highest BCUT2D eigenvalue weighted by Gasteiger charge is 2.21. The lowest BCUT2D eigenvalue weighted by Crippen LogP contribution is -2.24. The molecule has 0 aliphatic heterocycles. The highest BCUT2D eigenvalue weighted by molar-refractivity contribution is 5.92. The van der Waals surface area contributed by atoms with E-state index >= 15 is 0 Å². The van der Waals surface area contributed by atoms with Gasteiger partial charge in [0.2, 0.25) is 0 Å². The summed E-state index contributed by atoms with van der Waals surface area (Å²) in [7, 11) is 0. The van der Waals surface area contributed by atoms with Gasteiger partial charge < -0.3 is 15.3 Å². The van der Waals surface area contributed by atoms with Gasteiger partial charge in [-0.15, -0.1) is 0 Å². The molecule has 0 aliphatic carbocycles. The maximum Gasteiger partial charge on any atom is 0.390 e. The number of benzene rings is 1. The van der Waals surface area contributed by atoms with Crippen LogP contribution in [0, 0.1) is 0 Å². The topological polar surface area (TPSA) is 130 Å². The van der Waals surface area contributed by atoms with Crippen LogP contribution in [0.1, 0.15) is 16.8 Å². The number of carboxylic acids is 1. The molecular formula is C11H10O8. The number of aliphatic hydroxyl groups excluding tert-OH is 1. The van der Waals surface area contributed by atoms with Crippen molar-refractivity contribution in [3.63, 3.8) is 0 Å². The number of phenolic OH excluding ortho intramolecular Hbond substituents is 1. The number of rotatable bonds is 4. The van der Waals surface area contributed by atoms with Gasteiger partial charge in [-0.25, -0.2) is 24.2 Å². The highest BCUT2D eigenvalue weighted by atomic mass is 17.2. The predicted molar refractivity (Wildman–Crippen MR) is 57.9 cm³/mol. The molecule has 0 saturated heterocycles. The van der Waals surface area contributed by atoms with Gasteiger partial charge in [0, 0.05) is 0 Å². The Bertz CT molecular complexity index is 495. The molecule has 1 aromatic rings. The molecule has 0 amide bonds. The molecule has 1 unspecified atom stereocenters. The quantitative estimate of drug-likeness (QED) is 0.508. The normalized spacial score (nSPS) is 11.4. The van der Waals surface area contributed by atoms with Crippen molar-refractivity contribution < 1.29 is 39.5 Å².